The highest BCUT2D eigenvalue weighted by Crippen LogP contribution is 2.17. The topological polar surface area (TPSA) is 49.2 Å². The molecule has 0 radical (unpaired) electrons. The van der Waals surface area contributed by atoms with Gasteiger partial charge in [-0.05, 0) is 37.6 Å². The molecule has 2 heterocycles. The highest BCUT2D eigenvalue weighted by molar-refractivity contribution is 5.40. The van der Waals surface area contributed by atoms with Gasteiger partial charge in [0.05, 0.1) is 18.3 Å². The summed E-state index contributed by atoms with van der Waals surface area (Å²) < 4.78 is 0. The van der Waals surface area contributed by atoms with E-state index in [4.69, 9.17) is 0 Å². The molecule has 4 nitrogen and oxygen atoms in total. The van der Waals surface area contributed by atoms with Gasteiger partial charge in [0.1, 0.15) is 5.82 Å². The van der Waals surface area contributed by atoms with E-state index in [1.807, 2.05) is 30.3 Å². The molecule has 1 atom stereocenters. The molecule has 0 aliphatic rings. The van der Waals surface area contributed by atoms with Gasteiger partial charge in [-0.1, -0.05) is 12.1 Å². The summed E-state index contributed by atoms with van der Waals surface area (Å²) in [4.78, 5) is 10.9. The fraction of sp³-hybridized carbons (Fsp3) is 0.333. The van der Waals surface area contributed by atoms with Crippen LogP contribution in [-0.2, 0) is 6.54 Å². The van der Waals surface area contributed by atoms with Crippen molar-refractivity contribution < 1.29 is 5.11 Å². The third kappa shape index (κ3) is 3.51. The molecule has 0 spiro atoms. The smallest absolute Gasteiger partial charge is 0.128 e. The van der Waals surface area contributed by atoms with Crippen LogP contribution in [-0.4, -0.2) is 21.6 Å². The first-order valence-corrected chi connectivity index (χ1v) is 6.49. The molecular weight excluding hydrogens is 238 g/mol. The van der Waals surface area contributed by atoms with Gasteiger partial charge < -0.3 is 10.0 Å². The van der Waals surface area contributed by atoms with E-state index in [0.29, 0.717) is 0 Å². The summed E-state index contributed by atoms with van der Waals surface area (Å²) in [5, 5.41) is 9.48. The minimum absolute atomic E-state index is 0.479. The summed E-state index contributed by atoms with van der Waals surface area (Å²) in [7, 11) is 0. The Morgan fingerprint density at radius 3 is 2.58 bits per heavy atom. The van der Waals surface area contributed by atoms with Crippen LogP contribution in [0.4, 0.5) is 5.82 Å². The molecule has 0 aromatic carbocycles. The summed E-state index contributed by atoms with van der Waals surface area (Å²) >= 11 is 0. The van der Waals surface area contributed by atoms with Crippen molar-refractivity contribution >= 4 is 5.82 Å². The zero-order chi connectivity index (χ0) is 13.7. The number of hydrogen-bond donors (Lipinski definition) is 1. The van der Waals surface area contributed by atoms with Gasteiger partial charge in [0.2, 0.25) is 0 Å². The normalized spacial score (nSPS) is 12.2. The Hall–Kier alpha value is -1.94. The fourth-order valence-corrected chi connectivity index (χ4v) is 1.87. The maximum atomic E-state index is 9.48. The maximum absolute atomic E-state index is 9.48. The van der Waals surface area contributed by atoms with Gasteiger partial charge >= 0.3 is 0 Å². The predicted molar refractivity (Wildman–Crippen MR) is 75.8 cm³/mol. The van der Waals surface area contributed by atoms with Crippen LogP contribution in [0.2, 0.25) is 0 Å². The van der Waals surface area contributed by atoms with Gasteiger partial charge in [0.25, 0.3) is 0 Å². The Kier molecular flexibility index (Phi) is 4.47. The molecule has 0 saturated carbocycles. The minimum Gasteiger partial charge on any atom is -0.389 e. The Morgan fingerprint density at radius 1 is 1.21 bits per heavy atom. The van der Waals surface area contributed by atoms with Crippen LogP contribution < -0.4 is 4.90 Å². The SMILES string of the molecule is CCN(Cc1ccccn1)c1ccc([C@@H](C)O)cn1. The van der Waals surface area contributed by atoms with Gasteiger partial charge in [0, 0.05) is 18.9 Å². The second kappa shape index (κ2) is 6.29. The van der Waals surface area contributed by atoms with E-state index in [0.717, 1.165) is 30.2 Å². The Balaban J connectivity index is 2.13. The van der Waals surface area contributed by atoms with Crippen molar-refractivity contribution in [1.29, 1.82) is 0 Å². The molecule has 2 aromatic rings. The summed E-state index contributed by atoms with van der Waals surface area (Å²) in [5.41, 5.74) is 1.85. The molecule has 0 saturated heterocycles. The number of rotatable bonds is 5. The molecule has 0 aliphatic heterocycles. The number of pyridine rings is 2. The summed E-state index contributed by atoms with van der Waals surface area (Å²) in [6, 6.07) is 9.75. The summed E-state index contributed by atoms with van der Waals surface area (Å²) in [6.45, 7) is 5.42. The standard InChI is InChI=1S/C15H19N3O/c1-3-18(11-14-6-4-5-9-16-14)15-8-7-13(10-17-15)12(2)19/h4-10,12,19H,3,11H2,1-2H3/t12-/m1/s1. The highest BCUT2D eigenvalue weighted by atomic mass is 16.3. The molecule has 0 amide bonds. The number of anilines is 1. The zero-order valence-electron chi connectivity index (χ0n) is 11.3. The molecule has 0 fully saturated rings. The third-order valence-electron chi connectivity index (χ3n) is 3.04. The second-order valence-corrected chi connectivity index (χ2v) is 4.46. The van der Waals surface area contributed by atoms with Gasteiger partial charge in [0.15, 0.2) is 0 Å². The van der Waals surface area contributed by atoms with Crippen LogP contribution in [0.5, 0.6) is 0 Å². The molecule has 0 bridgehead atoms. The first kappa shape index (κ1) is 13.5. The van der Waals surface area contributed by atoms with E-state index in [2.05, 4.69) is 21.8 Å². The van der Waals surface area contributed by atoms with Crippen molar-refractivity contribution in [3.8, 4) is 0 Å². The van der Waals surface area contributed by atoms with Crippen LogP contribution in [0.1, 0.15) is 31.2 Å². The van der Waals surface area contributed by atoms with Crippen LogP contribution >= 0.6 is 0 Å². The predicted octanol–water partition coefficient (Wildman–Crippen LogP) is 2.56. The molecule has 100 valence electrons. The monoisotopic (exact) mass is 257 g/mol. The van der Waals surface area contributed by atoms with Gasteiger partial charge in [-0.15, -0.1) is 0 Å². The van der Waals surface area contributed by atoms with Crippen molar-refractivity contribution in [2.45, 2.75) is 26.5 Å². The lowest BCUT2D eigenvalue weighted by atomic mass is 10.2. The van der Waals surface area contributed by atoms with Crippen molar-refractivity contribution in [2.75, 3.05) is 11.4 Å². The molecule has 0 aliphatic carbocycles. The fourth-order valence-electron chi connectivity index (χ4n) is 1.87. The van der Waals surface area contributed by atoms with Gasteiger partial charge in [-0.2, -0.15) is 0 Å². The number of aromatic nitrogens is 2. The number of aliphatic hydroxyl groups excluding tert-OH is 1. The average molecular weight is 257 g/mol. The number of hydrogen-bond acceptors (Lipinski definition) is 4. The van der Waals surface area contributed by atoms with E-state index in [-0.39, 0.29) is 0 Å². The first-order chi connectivity index (χ1) is 9.20. The van der Waals surface area contributed by atoms with E-state index in [9.17, 15) is 5.11 Å². The maximum Gasteiger partial charge on any atom is 0.128 e. The average Bonchev–Trinajstić information content (AvgIpc) is 2.46. The molecule has 1 N–H and O–H groups in total. The van der Waals surface area contributed by atoms with Crippen molar-refractivity contribution in [3.05, 3.63) is 54.0 Å². The van der Waals surface area contributed by atoms with Crippen molar-refractivity contribution in [2.24, 2.45) is 0 Å². The Morgan fingerprint density at radius 2 is 2.05 bits per heavy atom. The van der Waals surface area contributed by atoms with Gasteiger partial charge in [-0.3, -0.25) is 4.98 Å². The molecular formula is C15H19N3O. The number of nitrogens with zero attached hydrogens (tertiary/aromatic N) is 3. The Bertz CT molecular complexity index is 497. The van der Waals surface area contributed by atoms with E-state index >= 15 is 0 Å². The first-order valence-electron chi connectivity index (χ1n) is 6.49. The quantitative estimate of drug-likeness (QED) is 0.894. The van der Waals surface area contributed by atoms with Crippen molar-refractivity contribution in [1.82, 2.24) is 9.97 Å². The highest BCUT2D eigenvalue weighted by Gasteiger charge is 2.08. The zero-order valence-corrected chi connectivity index (χ0v) is 11.3. The van der Waals surface area contributed by atoms with Crippen molar-refractivity contribution in [3.63, 3.8) is 0 Å². The molecule has 19 heavy (non-hydrogen) atoms. The van der Waals surface area contributed by atoms with Crippen LogP contribution in [0, 0.1) is 0 Å². The molecule has 2 rings (SSSR count). The minimum atomic E-state index is -0.479. The van der Waals surface area contributed by atoms with E-state index in [1.165, 1.54) is 0 Å². The second-order valence-electron chi connectivity index (χ2n) is 4.46. The van der Waals surface area contributed by atoms with Crippen LogP contribution in [0.25, 0.3) is 0 Å². The van der Waals surface area contributed by atoms with Gasteiger partial charge in [-0.25, -0.2) is 4.98 Å². The Labute approximate surface area is 113 Å². The molecule has 4 heteroatoms. The lowest BCUT2D eigenvalue weighted by Crippen LogP contribution is -2.23. The summed E-state index contributed by atoms with van der Waals surface area (Å²) in [5.74, 6) is 0.901. The van der Waals surface area contributed by atoms with E-state index in [1.54, 1.807) is 19.3 Å². The third-order valence-corrected chi connectivity index (χ3v) is 3.04. The lowest BCUT2D eigenvalue weighted by Gasteiger charge is -2.21. The summed E-state index contributed by atoms with van der Waals surface area (Å²) in [6.07, 6.45) is 3.04. The molecule has 0 unspecified atom stereocenters. The van der Waals surface area contributed by atoms with Crippen LogP contribution in [0.15, 0.2) is 42.7 Å². The molecule has 2 aromatic heterocycles. The number of aliphatic hydroxyl groups is 1. The largest absolute Gasteiger partial charge is 0.389 e. The lowest BCUT2D eigenvalue weighted by molar-refractivity contribution is 0.199. The van der Waals surface area contributed by atoms with E-state index < -0.39 is 6.10 Å². The van der Waals surface area contributed by atoms with Crippen LogP contribution in [0.3, 0.4) is 0 Å².